The van der Waals surface area contributed by atoms with E-state index in [-0.39, 0.29) is 6.54 Å². The molecule has 1 atom stereocenters. The molecular weight excluding hydrogens is 289 g/mol. The van der Waals surface area contributed by atoms with Gasteiger partial charge in [-0.1, -0.05) is 19.9 Å². The Balaban J connectivity index is 2.99. The fourth-order valence-electron chi connectivity index (χ4n) is 1.29. The highest BCUT2D eigenvalue weighted by Crippen LogP contribution is 2.34. The number of benzene rings is 1. The van der Waals surface area contributed by atoms with Crippen molar-refractivity contribution in [1.82, 2.24) is 0 Å². The van der Waals surface area contributed by atoms with Crippen molar-refractivity contribution in [3.8, 4) is 0 Å². The molecular formula is C12H17BrFNS. The molecule has 0 aliphatic rings. The molecule has 90 valence electrons. The second-order valence-corrected chi connectivity index (χ2v) is 6.69. The first-order chi connectivity index (χ1) is 7.36. The smallest absolute Gasteiger partial charge is 0.145 e. The van der Waals surface area contributed by atoms with Gasteiger partial charge in [-0.05, 0) is 40.5 Å². The molecule has 1 aromatic carbocycles. The van der Waals surface area contributed by atoms with Crippen molar-refractivity contribution in [3.63, 3.8) is 0 Å². The summed E-state index contributed by atoms with van der Waals surface area (Å²) in [5.74, 6) is 0. The van der Waals surface area contributed by atoms with E-state index in [0.717, 1.165) is 9.37 Å². The van der Waals surface area contributed by atoms with Gasteiger partial charge >= 0.3 is 0 Å². The van der Waals surface area contributed by atoms with Crippen molar-refractivity contribution in [2.75, 3.05) is 6.54 Å². The molecule has 0 saturated carbocycles. The number of hydrogen-bond donors (Lipinski definition) is 1. The molecule has 1 nitrogen and oxygen atoms in total. The fourth-order valence-corrected chi connectivity index (χ4v) is 2.78. The Hall–Kier alpha value is -0.0600. The predicted molar refractivity (Wildman–Crippen MR) is 72.6 cm³/mol. The summed E-state index contributed by atoms with van der Waals surface area (Å²) in [6, 6.07) is 5.57. The van der Waals surface area contributed by atoms with E-state index in [1.54, 1.807) is 11.8 Å². The third-order valence-corrected chi connectivity index (χ3v) is 4.28. The number of alkyl halides is 1. The van der Waals surface area contributed by atoms with Crippen LogP contribution in [-0.2, 0) is 5.67 Å². The second-order valence-electron chi connectivity index (χ2n) is 4.21. The minimum Gasteiger partial charge on any atom is -0.327 e. The largest absolute Gasteiger partial charge is 0.327 e. The predicted octanol–water partition coefficient (Wildman–Crippen LogP) is 4.09. The van der Waals surface area contributed by atoms with E-state index < -0.39 is 5.67 Å². The van der Waals surface area contributed by atoms with Gasteiger partial charge in [-0.25, -0.2) is 4.39 Å². The van der Waals surface area contributed by atoms with Gasteiger partial charge in [0.1, 0.15) is 5.67 Å². The maximum atomic E-state index is 14.0. The van der Waals surface area contributed by atoms with E-state index in [1.807, 2.05) is 18.2 Å². The van der Waals surface area contributed by atoms with Gasteiger partial charge in [-0.2, -0.15) is 0 Å². The highest BCUT2D eigenvalue weighted by Gasteiger charge is 2.24. The molecule has 0 fully saturated rings. The maximum absolute atomic E-state index is 14.0. The number of nitrogens with two attached hydrogens (primary N) is 1. The normalized spacial score (nSPS) is 15.2. The van der Waals surface area contributed by atoms with Crippen molar-refractivity contribution in [1.29, 1.82) is 0 Å². The monoisotopic (exact) mass is 305 g/mol. The lowest BCUT2D eigenvalue weighted by Gasteiger charge is -2.19. The first kappa shape index (κ1) is 14.0. The van der Waals surface area contributed by atoms with E-state index in [2.05, 4.69) is 29.8 Å². The van der Waals surface area contributed by atoms with Crippen LogP contribution in [0.25, 0.3) is 0 Å². The topological polar surface area (TPSA) is 26.0 Å². The molecule has 0 spiro atoms. The quantitative estimate of drug-likeness (QED) is 0.848. The van der Waals surface area contributed by atoms with Crippen LogP contribution >= 0.6 is 27.7 Å². The fraction of sp³-hybridized carbons (Fsp3) is 0.500. The summed E-state index contributed by atoms with van der Waals surface area (Å²) in [5, 5.41) is 0.508. The Morgan fingerprint density at radius 3 is 2.56 bits per heavy atom. The molecule has 0 radical (unpaired) electrons. The van der Waals surface area contributed by atoms with E-state index >= 15 is 0 Å². The van der Waals surface area contributed by atoms with Gasteiger partial charge in [0.15, 0.2) is 0 Å². The average molecular weight is 306 g/mol. The van der Waals surface area contributed by atoms with Crippen molar-refractivity contribution in [2.45, 2.75) is 36.6 Å². The maximum Gasteiger partial charge on any atom is 0.145 e. The molecule has 1 unspecified atom stereocenters. The number of thioether (sulfide) groups is 1. The minimum atomic E-state index is -1.45. The van der Waals surface area contributed by atoms with Crippen molar-refractivity contribution < 1.29 is 4.39 Å². The molecule has 0 aromatic heterocycles. The van der Waals surface area contributed by atoms with Crippen LogP contribution in [0, 0.1) is 0 Å². The summed E-state index contributed by atoms with van der Waals surface area (Å²) in [7, 11) is 0. The van der Waals surface area contributed by atoms with Crippen LogP contribution in [0.2, 0.25) is 0 Å². The minimum absolute atomic E-state index is 0.00386. The van der Waals surface area contributed by atoms with Crippen LogP contribution in [-0.4, -0.2) is 11.8 Å². The lowest BCUT2D eigenvalue weighted by Crippen LogP contribution is -2.26. The standard InChI is InChI=1S/C12H17BrFNS/c1-8(2)16-11-5-4-9(6-10(11)13)12(3,14)7-15/h4-6,8H,7,15H2,1-3H3. The van der Waals surface area contributed by atoms with Gasteiger partial charge in [0.05, 0.1) is 0 Å². The Morgan fingerprint density at radius 1 is 1.50 bits per heavy atom. The van der Waals surface area contributed by atoms with Gasteiger partial charge in [-0.3, -0.25) is 0 Å². The first-order valence-electron chi connectivity index (χ1n) is 5.22. The molecule has 1 aromatic rings. The van der Waals surface area contributed by atoms with Gasteiger partial charge in [0.25, 0.3) is 0 Å². The van der Waals surface area contributed by atoms with Crippen molar-refractivity contribution in [2.24, 2.45) is 5.73 Å². The van der Waals surface area contributed by atoms with Crippen LogP contribution in [0.5, 0.6) is 0 Å². The highest BCUT2D eigenvalue weighted by atomic mass is 79.9. The molecule has 1 rings (SSSR count). The lowest BCUT2D eigenvalue weighted by molar-refractivity contribution is 0.203. The van der Waals surface area contributed by atoms with Gasteiger partial charge < -0.3 is 5.73 Å². The molecule has 0 bridgehead atoms. The van der Waals surface area contributed by atoms with Gasteiger partial charge in [0, 0.05) is 21.2 Å². The number of halogens is 2. The summed E-state index contributed by atoms with van der Waals surface area (Å²) in [4.78, 5) is 1.13. The van der Waals surface area contributed by atoms with E-state index in [1.165, 1.54) is 6.92 Å². The highest BCUT2D eigenvalue weighted by molar-refractivity contribution is 9.10. The summed E-state index contributed by atoms with van der Waals surface area (Å²) >= 11 is 5.22. The van der Waals surface area contributed by atoms with Crippen molar-refractivity contribution in [3.05, 3.63) is 28.2 Å². The molecule has 16 heavy (non-hydrogen) atoms. The Labute approximate surface area is 109 Å². The summed E-state index contributed by atoms with van der Waals surface area (Å²) in [6.45, 7) is 5.76. The number of rotatable bonds is 4. The Kier molecular flexibility index (Phi) is 4.83. The summed E-state index contributed by atoms with van der Waals surface area (Å²) in [5.41, 5.74) is 4.58. The zero-order valence-electron chi connectivity index (χ0n) is 9.76. The second kappa shape index (κ2) is 5.52. The molecule has 0 heterocycles. The zero-order chi connectivity index (χ0) is 12.3. The van der Waals surface area contributed by atoms with Gasteiger partial charge in [-0.15, -0.1) is 11.8 Å². The summed E-state index contributed by atoms with van der Waals surface area (Å²) < 4.78 is 14.9. The van der Waals surface area contributed by atoms with Gasteiger partial charge in [0.2, 0.25) is 0 Å². The molecule has 0 aliphatic heterocycles. The van der Waals surface area contributed by atoms with E-state index in [9.17, 15) is 4.39 Å². The zero-order valence-corrected chi connectivity index (χ0v) is 12.2. The molecule has 0 saturated heterocycles. The van der Waals surface area contributed by atoms with Crippen LogP contribution in [0.15, 0.2) is 27.6 Å². The van der Waals surface area contributed by atoms with E-state index in [0.29, 0.717) is 10.8 Å². The Bertz CT molecular complexity index is 366. The Morgan fingerprint density at radius 2 is 2.12 bits per heavy atom. The molecule has 0 amide bonds. The first-order valence-corrected chi connectivity index (χ1v) is 6.89. The third kappa shape index (κ3) is 3.47. The van der Waals surface area contributed by atoms with Crippen LogP contribution in [0.4, 0.5) is 4.39 Å². The SMILES string of the molecule is CC(C)Sc1ccc(C(C)(F)CN)cc1Br. The van der Waals surface area contributed by atoms with Crippen LogP contribution < -0.4 is 5.73 Å². The number of hydrogen-bond acceptors (Lipinski definition) is 2. The van der Waals surface area contributed by atoms with E-state index in [4.69, 9.17) is 5.73 Å². The third-order valence-electron chi connectivity index (χ3n) is 2.28. The van der Waals surface area contributed by atoms with Crippen LogP contribution in [0.3, 0.4) is 0 Å². The summed E-state index contributed by atoms with van der Waals surface area (Å²) in [6.07, 6.45) is 0. The molecule has 4 heteroatoms. The lowest BCUT2D eigenvalue weighted by atomic mass is 9.98. The molecule has 0 aliphatic carbocycles. The molecule has 2 N–H and O–H groups in total. The average Bonchev–Trinajstić information content (AvgIpc) is 2.20. The van der Waals surface area contributed by atoms with Crippen LogP contribution in [0.1, 0.15) is 26.3 Å². The van der Waals surface area contributed by atoms with Crippen molar-refractivity contribution >= 4 is 27.7 Å².